The molecule has 0 amide bonds. The largest absolute Gasteiger partial charge is 0.507 e. The molecule has 34 heavy (non-hydrogen) atoms. The lowest BCUT2D eigenvalue weighted by molar-refractivity contribution is 0.0973. The van der Waals surface area contributed by atoms with Gasteiger partial charge >= 0.3 is 0 Å². The third kappa shape index (κ3) is 5.27. The molecular formula is C30H36O4. The quantitative estimate of drug-likeness (QED) is 0.402. The smallest absolute Gasteiger partial charge is 0.174 e. The molecule has 0 aliphatic carbocycles. The van der Waals surface area contributed by atoms with Gasteiger partial charge in [0.25, 0.3) is 0 Å². The van der Waals surface area contributed by atoms with Crippen LogP contribution >= 0.6 is 0 Å². The fourth-order valence-electron chi connectivity index (χ4n) is 4.20. The molecule has 0 saturated heterocycles. The van der Waals surface area contributed by atoms with Gasteiger partial charge in [-0.2, -0.15) is 0 Å². The molecule has 1 atom stereocenters. The molecule has 0 saturated carbocycles. The lowest BCUT2D eigenvalue weighted by Crippen LogP contribution is -2.21. The number of benzene rings is 3. The van der Waals surface area contributed by atoms with Crippen LogP contribution in [0.1, 0.15) is 80.1 Å². The van der Waals surface area contributed by atoms with Gasteiger partial charge in [0.15, 0.2) is 5.78 Å². The number of hydrogen-bond acceptors (Lipinski definition) is 4. The Morgan fingerprint density at radius 3 is 1.74 bits per heavy atom. The van der Waals surface area contributed by atoms with E-state index in [0.29, 0.717) is 17.1 Å². The van der Waals surface area contributed by atoms with Crippen LogP contribution in [-0.2, 0) is 10.8 Å². The number of phenolic OH excluding ortho intramolecular Hbond substituents is 1. The highest BCUT2D eigenvalue weighted by molar-refractivity contribution is 6.03. The normalized spacial score (nSPS) is 12.8. The predicted octanol–water partition coefficient (Wildman–Crippen LogP) is 7.02. The van der Waals surface area contributed by atoms with Gasteiger partial charge in [0, 0.05) is 5.56 Å². The maximum Gasteiger partial charge on any atom is 0.174 e. The van der Waals surface area contributed by atoms with E-state index >= 15 is 0 Å². The van der Waals surface area contributed by atoms with Crippen molar-refractivity contribution in [2.75, 3.05) is 14.2 Å². The molecule has 1 N–H and O–H groups in total. The number of carbonyl (C=O) groups excluding carboxylic acids is 1. The second-order valence-electron chi connectivity index (χ2n) is 10.8. The second-order valence-corrected chi connectivity index (χ2v) is 10.8. The molecule has 0 aliphatic rings. The van der Waals surface area contributed by atoms with Gasteiger partial charge in [-0.3, -0.25) is 4.79 Å². The van der Waals surface area contributed by atoms with E-state index in [4.69, 9.17) is 9.47 Å². The van der Waals surface area contributed by atoms with Crippen molar-refractivity contribution in [3.63, 3.8) is 0 Å². The van der Waals surface area contributed by atoms with Gasteiger partial charge in [0.2, 0.25) is 0 Å². The lowest BCUT2D eigenvalue weighted by Gasteiger charge is -2.30. The molecule has 0 fully saturated rings. The summed E-state index contributed by atoms with van der Waals surface area (Å²) in [6.45, 7) is 12.4. The first-order chi connectivity index (χ1) is 15.9. The third-order valence-corrected chi connectivity index (χ3v) is 6.15. The van der Waals surface area contributed by atoms with Crippen LogP contribution in [0.3, 0.4) is 0 Å². The van der Waals surface area contributed by atoms with E-state index < -0.39 is 5.92 Å². The van der Waals surface area contributed by atoms with Crippen molar-refractivity contribution in [2.24, 2.45) is 0 Å². The zero-order valence-corrected chi connectivity index (χ0v) is 21.5. The first kappa shape index (κ1) is 25.4. The van der Waals surface area contributed by atoms with Crippen LogP contribution in [0.15, 0.2) is 60.7 Å². The van der Waals surface area contributed by atoms with Crippen molar-refractivity contribution < 1.29 is 19.4 Å². The first-order valence-corrected chi connectivity index (χ1v) is 11.6. The summed E-state index contributed by atoms with van der Waals surface area (Å²) in [4.78, 5) is 14.0. The summed E-state index contributed by atoms with van der Waals surface area (Å²) >= 11 is 0. The summed E-state index contributed by atoms with van der Waals surface area (Å²) < 4.78 is 10.7. The Hall–Kier alpha value is -3.27. The van der Waals surface area contributed by atoms with Gasteiger partial charge in [-0.15, -0.1) is 0 Å². The number of methoxy groups -OCH3 is 2. The van der Waals surface area contributed by atoms with Crippen molar-refractivity contribution in [3.8, 4) is 17.2 Å². The molecule has 0 heterocycles. The van der Waals surface area contributed by atoms with Crippen molar-refractivity contribution in [3.05, 3.63) is 88.5 Å². The van der Waals surface area contributed by atoms with E-state index in [1.165, 1.54) is 0 Å². The molecule has 1 unspecified atom stereocenters. The highest BCUT2D eigenvalue weighted by atomic mass is 16.5. The van der Waals surface area contributed by atoms with Gasteiger partial charge in [-0.25, -0.2) is 0 Å². The number of Topliss-reactive ketones (excluding diaryl/α,β-unsaturated/α-hetero) is 1. The maximum atomic E-state index is 14.0. The molecule has 3 aromatic carbocycles. The first-order valence-electron chi connectivity index (χ1n) is 11.6. The van der Waals surface area contributed by atoms with Crippen LogP contribution in [-0.4, -0.2) is 25.1 Å². The Balaban J connectivity index is 2.30. The predicted molar refractivity (Wildman–Crippen MR) is 138 cm³/mol. The summed E-state index contributed by atoms with van der Waals surface area (Å²) in [6.07, 6.45) is 0. The SMILES string of the molecule is COc1ccc(C(C(=O)c2cccc(OC)c2)c2cc(C(C)(C)C)c(O)c(C(C)(C)C)c2)cc1. The number of ether oxygens (including phenoxy) is 2. The average molecular weight is 461 g/mol. The number of ketones is 1. The van der Waals surface area contributed by atoms with E-state index in [9.17, 15) is 9.90 Å². The summed E-state index contributed by atoms with van der Waals surface area (Å²) in [5, 5.41) is 11.2. The summed E-state index contributed by atoms with van der Waals surface area (Å²) in [5.74, 6) is 1.07. The van der Waals surface area contributed by atoms with E-state index in [2.05, 4.69) is 41.5 Å². The topological polar surface area (TPSA) is 55.8 Å². The van der Waals surface area contributed by atoms with Gasteiger partial charge in [0.05, 0.1) is 20.1 Å². The highest BCUT2D eigenvalue weighted by Gasteiger charge is 2.31. The van der Waals surface area contributed by atoms with Crippen molar-refractivity contribution in [1.29, 1.82) is 0 Å². The summed E-state index contributed by atoms with van der Waals surface area (Å²) in [7, 11) is 3.22. The fraction of sp³-hybridized carbons (Fsp3) is 0.367. The molecule has 3 rings (SSSR count). The standard InChI is InChI=1S/C30H36O4/c1-29(2,3)24-17-21(18-25(28(24)32)30(4,5)6)26(19-12-14-22(33-7)15-13-19)27(31)20-10-9-11-23(16-20)34-8/h9-18,26,32H,1-8H3. The van der Waals surface area contributed by atoms with Crippen LogP contribution < -0.4 is 9.47 Å². The molecular weight excluding hydrogens is 424 g/mol. The van der Waals surface area contributed by atoms with E-state index in [1.54, 1.807) is 20.3 Å². The zero-order chi connectivity index (χ0) is 25.3. The minimum atomic E-state index is -0.555. The van der Waals surface area contributed by atoms with Crippen LogP contribution in [0.5, 0.6) is 17.2 Å². The third-order valence-electron chi connectivity index (χ3n) is 6.15. The average Bonchev–Trinajstić information content (AvgIpc) is 2.79. The minimum Gasteiger partial charge on any atom is -0.507 e. The molecule has 4 heteroatoms. The van der Waals surface area contributed by atoms with E-state index in [0.717, 1.165) is 28.0 Å². The molecule has 0 bridgehead atoms. The van der Waals surface area contributed by atoms with E-state index in [1.807, 2.05) is 54.6 Å². The van der Waals surface area contributed by atoms with Gasteiger partial charge in [-0.05, 0) is 57.3 Å². The number of aromatic hydroxyl groups is 1. The molecule has 0 spiro atoms. The van der Waals surface area contributed by atoms with Crippen LogP contribution in [0, 0.1) is 0 Å². The Kier molecular flexibility index (Phi) is 7.11. The minimum absolute atomic E-state index is 0.0329. The molecule has 0 aromatic heterocycles. The number of hydrogen-bond donors (Lipinski definition) is 1. The van der Waals surface area contributed by atoms with Crippen molar-refractivity contribution in [2.45, 2.75) is 58.3 Å². The fourth-order valence-corrected chi connectivity index (χ4v) is 4.20. The molecule has 0 radical (unpaired) electrons. The van der Waals surface area contributed by atoms with Crippen molar-refractivity contribution in [1.82, 2.24) is 0 Å². The Morgan fingerprint density at radius 1 is 0.735 bits per heavy atom. The highest BCUT2D eigenvalue weighted by Crippen LogP contribution is 2.43. The Labute approximate surface area is 203 Å². The second kappa shape index (κ2) is 9.54. The summed E-state index contributed by atoms with van der Waals surface area (Å²) in [6, 6.07) is 18.8. The van der Waals surface area contributed by atoms with Gasteiger partial charge in [-0.1, -0.05) is 77.9 Å². The molecule has 180 valence electrons. The maximum absolute atomic E-state index is 14.0. The Bertz CT molecular complexity index is 1130. The monoisotopic (exact) mass is 460 g/mol. The number of carbonyl (C=O) groups is 1. The van der Waals surface area contributed by atoms with Crippen LogP contribution in [0.25, 0.3) is 0 Å². The molecule has 0 aliphatic heterocycles. The van der Waals surface area contributed by atoms with Gasteiger partial charge < -0.3 is 14.6 Å². The van der Waals surface area contributed by atoms with Gasteiger partial charge in [0.1, 0.15) is 17.2 Å². The summed E-state index contributed by atoms with van der Waals surface area (Å²) in [5.41, 5.74) is 3.33. The number of phenols is 1. The molecule has 3 aromatic rings. The molecule has 4 nitrogen and oxygen atoms in total. The zero-order valence-electron chi connectivity index (χ0n) is 21.5. The van der Waals surface area contributed by atoms with Crippen molar-refractivity contribution >= 4 is 5.78 Å². The number of rotatable bonds is 6. The Morgan fingerprint density at radius 2 is 1.26 bits per heavy atom. The van der Waals surface area contributed by atoms with Crippen LogP contribution in [0.2, 0.25) is 0 Å². The lowest BCUT2D eigenvalue weighted by atomic mass is 9.75. The van der Waals surface area contributed by atoms with Crippen LogP contribution in [0.4, 0.5) is 0 Å². The van der Waals surface area contributed by atoms with E-state index in [-0.39, 0.29) is 16.6 Å².